The molecule has 0 aliphatic carbocycles. The molecule has 5 aliphatic heterocycles. The molecule has 0 spiro atoms. The van der Waals surface area contributed by atoms with Gasteiger partial charge in [-0.25, -0.2) is 0 Å². The Morgan fingerprint density at radius 3 is 1.43 bits per heavy atom. The van der Waals surface area contributed by atoms with Crippen molar-refractivity contribution in [1.82, 2.24) is 0 Å². The molecule has 7 nitrogen and oxygen atoms in total. The molecule has 0 radical (unpaired) electrons. The summed E-state index contributed by atoms with van der Waals surface area (Å²) < 4.78 is 21.9. The van der Waals surface area contributed by atoms with Crippen LogP contribution in [-0.2, 0) is 0 Å². The van der Waals surface area contributed by atoms with Crippen molar-refractivity contribution in [2.45, 2.75) is 0 Å². The van der Waals surface area contributed by atoms with E-state index in [9.17, 15) is 0 Å². The fraction of sp³-hybridized carbons (Fsp3) is 0. The van der Waals surface area contributed by atoms with Crippen LogP contribution in [0.5, 0.6) is 23.0 Å². The number of rotatable bonds is 7. The lowest BCUT2D eigenvalue weighted by Crippen LogP contribution is -2.67. The molecule has 0 unspecified atom stereocenters. The first-order chi connectivity index (χ1) is 37.2. The second-order valence-corrected chi connectivity index (χ2v) is 19.9. The molecule has 0 saturated heterocycles. The summed E-state index contributed by atoms with van der Waals surface area (Å²) >= 11 is 0. The van der Waals surface area contributed by atoms with Crippen molar-refractivity contribution in [2.75, 3.05) is 19.6 Å². The Labute approximate surface area is 433 Å². The first kappa shape index (κ1) is 40.7. The van der Waals surface area contributed by atoms with Gasteiger partial charge in [0, 0.05) is 80.5 Å². The highest BCUT2D eigenvalue weighted by Crippen LogP contribution is 2.58. The van der Waals surface area contributed by atoms with Crippen LogP contribution in [0.2, 0.25) is 0 Å². The second-order valence-electron chi connectivity index (χ2n) is 19.9. The standard InChI is InChI=1S/C66H40B2N4O3/c1-6-19-41(20-7-1)69(42-21-8-2-9-22-42)46-33-35-49-55(37-46)74-58-40-59-62-66-61(58)67(49)51-30-18-31-52-64(51)72(66)65-53(71(52)45-27-14-5-15-28-45)39-57-60(48-29-16-17-32-54(48)73-57)63(65)68(62)50-36-34-47(38-56(50)75-59)70(43-23-10-3-11-24-43)44-25-12-4-13-26-44/h1-40H. The van der Waals surface area contributed by atoms with Gasteiger partial charge >= 0.3 is 0 Å². The third kappa shape index (κ3) is 5.66. The minimum absolute atomic E-state index is 0.153. The molecule has 9 heteroatoms. The molecule has 5 aliphatic rings. The van der Waals surface area contributed by atoms with Crippen molar-refractivity contribution in [2.24, 2.45) is 0 Å². The Kier molecular flexibility index (Phi) is 8.33. The fourth-order valence-electron chi connectivity index (χ4n) is 13.1. The van der Waals surface area contributed by atoms with Crippen molar-refractivity contribution in [1.29, 1.82) is 0 Å². The molecule has 0 N–H and O–H groups in total. The van der Waals surface area contributed by atoms with Crippen LogP contribution < -0.4 is 61.9 Å². The van der Waals surface area contributed by atoms with E-state index in [1.54, 1.807) is 0 Å². The van der Waals surface area contributed by atoms with Crippen LogP contribution in [0, 0.1) is 0 Å². The highest BCUT2D eigenvalue weighted by molar-refractivity contribution is 7.04. The lowest BCUT2D eigenvalue weighted by atomic mass is 9.29. The second kappa shape index (κ2) is 15.3. The molecule has 11 aromatic carbocycles. The number of anilines is 12. The van der Waals surface area contributed by atoms with Crippen molar-refractivity contribution in [3.63, 3.8) is 0 Å². The highest BCUT2D eigenvalue weighted by atomic mass is 16.5. The van der Waals surface area contributed by atoms with Gasteiger partial charge in [0.1, 0.15) is 34.2 Å². The third-order valence-electron chi connectivity index (χ3n) is 16.0. The van der Waals surface area contributed by atoms with Crippen LogP contribution >= 0.6 is 0 Å². The maximum atomic E-state index is 7.47. The van der Waals surface area contributed by atoms with Crippen molar-refractivity contribution in [3.8, 4) is 23.0 Å². The first-order valence-electron chi connectivity index (χ1n) is 25.6. The van der Waals surface area contributed by atoms with E-state index in [4.69, 9.17) is 13.9 Å². The summed E-state index contributed by atoms with van der Waals surface area (Å²) in [6.07, 6.45) is 0. The number of hydrogen-bond acceptors (Lipinski definition) is 7. The minimum atomic E-state index is -0.242. The van der Waals surface area contributed by atoms with Gasteiger partial charge in [0.15, 0.2) is 0 Å². The van der Waals surface area contributed by atoms with Gasteiger partial charge in [-0.1, -0.05) is 133 Å². The van der Waals surface area contributed by atoms with Crippen LogP contribution in [0.25, 0.3) is 21.9 Å². The molecule has 1 aromatic heterocycles. The molecular formula is C66H40B2N4O3. The Bertz CT molecular complexity index is 4270. The lowest BCUT2D eigenvalue weighted by molar-refractivity contribution is 0.466. The van der Waals surface area contributed by atoms with Gasteiger partial charge in [0.05, 0.1) is 22.7 Å². The molecule has 0 bridgehead atoms. The number of para-hydroxylation sites is 7. The fourth-order valence-corrected chi connectivity index (χ4v) is 13.1. The van der Waals surface area contributed by atoms with E-state index < -0.39 is 0 Å². The summed E-state index contributed by atoms with van der Waals surface area (Å²) in [6, 6.07) is 86.5. The van der Waals surface area contributed by atoms with Gasteiger partial charge in [-0.15, -0.1) is 0 Å². The number of nitrogens with zero attached hydrogens (tertiary/aromatic N) is 4. The Morgan fingerprint density at radius 1 is 0.320 bits per heavy atom. The number of fused-ring (bicyclic) bond motifs is 10. The van der Waals surface area contributed by atoms with E-state index in [1.165, 1.54) is 10.9 Å². The molecule has 75 heavy (non-hydrogen) atoms. The molecule has 12 aromatic rings. The van der Waals surface area contributed by atoms with Gasteiger partial charge in [-0.3, -0.25) is 0 Å². The van der Waals surface area contributed by atoms with Gasteiger partial charge in [0.2, 0.25) is 0 Å². The summed E-state index contributed by atoms with van der Waals surface area (Å²) in [4.78, 5) is 9.64. The third-order valence-corrected chi connectivity index (χ3v) is 16.0. The zero-order chi connectivity index (χ0) is 48.9. The Hall–Kier alpha value is -9.85. The van der Waals surface area contributed by atoms with Crippen molar-refractivity contribution < 1.29 is 13.9 Å². The van der Waals surface area contributed by atoms with E-state index >= 15 is 0 Å². The lowest BCUT2D eigenvalue weighted by Gasteiger charge is -2.51. The summed E-state index contributed by atoms with van der Waals surface area (Å²) in [7, 11) is 0. The van der Waals surface area contributed by atoms with Crippen LogP contribution in [0.3, 0.4) is 0 Å². The predicted octanol–water partition coefficient (Wildman–Crippen LogP) is 13.6. The smallest absolute Gasteiger partial charge is 0.257 e. The normalized spacial score (nSPS) is 13.4. The predicted molar refractivity (Wildman–Crippen MR) is 308 cm³/mol. The van der Waals surface area contributed by atoms with Gasteiger partial charge < -0.3 is 33.5 Å². The molecule has 6 heterocycles. The molecule has 0 saturated carbocycles. The molecule has 0 fully saturated rings. The van der Waals surface area contributed by atoms with E-state index in [-0.39, 0.29) is 13.4 Å². The molecule has 0 atom stereocenters. The SMILES string of the molecule is c1ccc(N(c2ccccc2)c2ccc3c(c2)Oc2cc4c5c6c2B3c2cccc3c2N6c2c(cc6oc7ccccc7c6c2B5c2ccc(N(c5ccccc5)c5ccccc5)cc2O4)N3c2ccccc2)cc1. The van der Waals surface area contributed by atoms with Crippen molar-refractivity contribution >= 4 is 136 Å². The van der Waals surface area contributed by atoms with Crippen LogP contribution in [-0.4, -0.2) is 13.4 Å². The van der Waals surface area contributed by atoms with Crippen LogP contribution in [0.4, 0.5) is 68.2 Å². The summed E-state index contributed by atoms with van der Waals surface area (Å²) in [5.41, 5.74) is 21.5. The average Bonchev–Trinajstić information content (AvgIpc) is 4.02. The van der Waals surface area contributed by atoms with Crippen LogP contribution in [0.15, 0.2) is 247 Å². The molecule has 0 amide bonds. The van der Waals surface area contributed by atoms with Gasteiger partial charge in [-0.05, 0) is 118 Å². The van der Waals surface area contributed by atoms with Crippen molar-refractivity contribution in [3.05, 3.63) is 243 Å². The van der Waals surface area contributed by atoms with Gasteiger partial charge in [0.25, 0.3) is 13.4 Å². The largest absolute Gasteiger partial charge is 0.458 e. The monoisotopic (exact) mass is 958 g/mol. The molecular weight excluding hydrogens is 918 g/mol. The maximum absolute atomic E-state index is 7.47. The minimum Gasteiger partial charge on any atom is -0.458 e. The average molecular weight is 959 g/mol. The summed E-state index contributed by atoms with van der Waals surface area (Å²) in [5, 5.41) is 2.20. The molecule has 348 valence electrons. The highest BCUT2D eigenvalue weighted by Gasteiger charge is 2.54. The summed E-state index contributed by atoms with van der Waals surface area (Å²) in [6.45, 7) is -0.394. The van der Waals surface area contributed by atoms with E-state index in [0.717, 1.165) is 135 Å². The maximum Gasteiger partial charge on any atom is 0.257 e. The van der Waals surface area contributed by atoms with Crippen LogP contribution in [0.1, 0.15) is 0 Å². The van der Waals surface area contributed by atoms with E-state index in [1.807, 2.05) is 0 Å². The quantitative estimate of drug-likeness (QED) is 0.147. The summed E-state index contributed by atoms with van der Waals surface area (Å²) in [5.74, 6) is 3.18. The molecule has 17 rings (SSSR count). The topological polar surface area (TPSA) is 44.6 Å². The van der Waals surface area contributed by atoms with E-state index in [2.05, 4.69) is 262 Å². The Balaban J connectivity index is 0.961. The zero-order valence-electron chi connectivity index (χ0n) is 40.3. The Morgan fingerprint density at radius 2 is 0.840 bits per heavy atom. The zero-order valence-corrected chi connectivity index (χ0v) is 40.3. The number of ether oxygens (including phenoxy) is 2. The number of furan rings is 1. The van der Waals surface area contributed by atoms with E-state index in [0.29, 0.717) is 0 Å². The number of benzene rings is 11. The first-order valence-corrected chi connectivity index (χ1v) is 25.6. The van der Waals surface area contributed by atoms with Gasteiger partial charge in [-0.2, -0.15) is 0 Å². The number of hydrogen-bond donors (Lipinski definition) is 0.